The zero-order chi connectivity index (χ0) is 24.1. The zero-order valence-corrected chi connectivity index (χ0v) is 18.1. The van der Waals surface area contributed by atoms with Gasteiger partial charge in [0, 0.05) is 6.42 Å². The highest BCUT2D eigenvalue weighted by atomic mass is 16.4. The van der Waals surface area contributed by atoms with Crippen LogP contribution in [-0.4, -0.2) is 71.2 Å². The van der Waals surface area contributed by atoms with Crippen LogP contribution in [0.1, 0.15) is 31.7 Å². The fourth-order valence-electron chi connectivity index (χ4n) is 2.85. The van der Waals surface area contributed by atoms with Crippen LogP contribution >= 0.6 is 0 Å². The summed E-state index contributed by atoms with van der Waals surface area (Å²) in [5, 5.41) is 26.3. The Balaban J connectivity index is 2.82. The molecule has 0 saturated carbocycles. The summed E-state index contributed by atoms with van der Waals surface area (Å²) < 4.78 is 0. The molecule has 178 valence electrons. The number of carbonyl (C=O) groups excluding carboxylic acids is 3. The van der Waals surface area contributed by atoms with Crippen molar-refractivity contribution >= 4 is 23.7 Å². The van der Waals surface area contributed by atoms with Crippen LogP contribution < -0.4 is 27.4 Å². The quantitative estimate of drug-likeness (QED) is 0.161. The van der Waals surface area contributed by atoms with Gasteiger partial charge < -0.3 is 37.6 Å². The fraction of sp³-hybridized carbons (Fsp3) is 0.524. The van der Waals surface area contributed by atoms with Gasteiger partial charge in [-0.3, -0.25) is 14.4 Å². The van der Waals surface area contributed by atoms with Gasteiger partial charge in [0.1, 0.15) is 18.1 Å². The molecule has 3 amide bonds. The first-order chi connectivity index (χ1) is 15.2. The smallest absolute Gasteiger partial charge is 0.326 e. The number of nitrogens with one attached hydrogen (secondary N) is 3. The van der Waals surface area contributed by atoms with E-state index < -0.39 is 54.5 Å². The van der Waals surface area contributed by atoms with Crippen molar-refractivity contribution in [3.05, 3.63) is 35.9 Å². The number of aliphatic hydroxyl groups excluding tert-OH is 1. The SMILES string of the molecule is CC(N)C(=O)NC(CCCCN)C(=O)NC(CO)C(=O)NC(Cc1ccccc1)C(=O)O. The molecule has 0 aliphatic carbocycles. The predicted octanol–water partition coefficient (Wildman–Crippen LogP) is -1.76. The first-order valence-corrected chi connectivity index (χ1v) is 10.4. The van der Waals surface area contributed by atoms with Gasteiger partial charge >= 0.3 is 5.97 Å². The zero-order valence-electron chi connectivity index (χ0n) is 18.1. The molecule has 32 heavy (non-hydrogen) atoms. The van der Waals surface area contributed by atoms with Crippen molar-refractivity contribution in [1.29, 1.82) is 0 Å². The number of rotatable bonds is 14. The first kappa shape index (κ1) is 27.0. The van der Waals surface area contributed by atoms with Gasteiger partial charge in [0.15, 0.2) is 0 Å². The second-order valence-electron chi connectivity index (χ2n) is 7.47. The number of nitrogens with two attached hydrogens (primary N) is 2. The number of unbranched alkanes of at least 4 members (excludes halogenated alkanes) is 1. The molecular weight excluding hydrogens is 418 g/mol. The molecule has 0 aliphatic heterocycles. The average molecular weight is 452 g/mol. The number of carboxylic acids is 1. The topological polar surface area (TPSA) is 197 Å². The van der Waals surface area contributed by atoms with Crippen LogP contribution in [0.25, 0.3) is 0 Å². The molecule has 0 saturated heterocycles. The highest BCUT2D eigenvalue weighted by molar-refractivity contribution is 5.94. The molecule has 0 aliphatic rings. The molecule has 0 fully saturated rings. The molecule has 0 bridgehead atoms. The molecule has 11 heteroatoms. The maximum atomic E-state index is 12.7. The number of carbonyl (C=O) groups is 4. The van der Waals surface area contributed by atoms with Gasteiger partial charge in [-0.1, -0.05) is 30.3 Å². The van der Waals surface area contributed by atoms with Gasteiger partial charge in [-0.25, -0.2) is 4.79 Å². The third-order valence-corrected chi connectivity index (χ3v) is 4.71. The summed E-state index contributed by atoms with van der Waals surface area (Å²) in [5.41, 5.74) is 11.7. The summed E-state index contributed by atoms with van der Waals surface area (Å²) in [6.07, 6.45) is 1.46. The summed E-state index contributed by atoms with van der Waals surface area (Å²) in [5.74, 6) is -3.35. The molecule has 0 spiro atoms. The maximum Gasteiger partial charge on any atom is 0.326 e. The monoisotopic (exact) mass is 451 g/mol. The van der Waals surface area contributed by atoms with Crippen LogP contribution in [0, 0.1) is 0 Å². The summed E-state index contributed by atoms with van der Waals surface area (Å²) in [7, 11) is 0. The number of amides is 3. The van der Waals surface area contributed by atoms with Crippen LogP contribution in [0.5, 0.6) is 0 Å². The number of hydrogen-bond acceptors (Lipinski definition) is 7. The molecule has 11 nitrogen and oxygen atoms in total. The molecule has 0 heterocycles. The van der Waals surface area contributed by atoms with Gasteiger partial charge in [0.05, 0.1) is 12.6 Å². The van der Waals surface area contributed by atoms with Gasteiger partial charge in [-0.15, -0.1) is 0 Å². The van der Waals surface area contributed by atoms with Crippen molar-refractivity contribution in [2.45, 2.75) is 56.8 Å². The van der Waals surface area contributed by atoms with Gasteiger partial charge in [0.2, 0.25) is 17.7 Å². The molecule has 1 rings (SSSR count). The van der Waals surface area contributed by atoms with Crippen molar-refractivity contribution in [2.24, 2.45) is 11.5 Å². The van der Waals surface area contributed by atoms with E-state index in [-0.39, 0.29) is 12.8 Å². The summed E-state index contributed by atoms with van der Waals surface area (Å²) in [4.78, 5) is 48.7. The van der Waals surface area contributed by atoms with Gasteiger partial charge in [-0.05, 0) is 38.3 Å². The van der Waals surface area contributed by atoms with E-state index in [1.54, 1.807) is 30.3 Å². The molecule has 4 atom stereocenters. The first-order valence-electron chi connectivity index (χ1n) is 10.4. The van der Waals surface area contributed by atoms with Gasteiger partial charge in [0.25, 0.3) is 0 Å². The molecular formula is C21H33N5O6. The number of carboxylic acid groups (broad SMARTS) is 1. The van der Waals surface area contributed by atoms with E-state index in [4.69, 9.17) is 11.5 Å². The Morgan fingerprint density at radius 3 is 2.00 bits per heavy atom. The van der Waals surface area contributed by atoms with Crippen molar-refractivity contribution in [2.75, 3.05) is 13.2 Å². The van der Waals surface area contributed by atoms with Crippen molar-refractivity contribution in [3.8, 4) is 0 Å². The highest BCUT2D eigenvalue weighted by Crippen LogP contribution is 2.05. The van der Waals surface area contributed by atoms with Crippen LogP contribution in [0.3, 0.4) is 0 Å². The van der Waals surface area contributed by atoms with E-state index in [9.17, 15) is 29.4 Å². The predicted molar refractivity (Wildman–Crippen MR) is 117 cm³/mol. The number of benzene rings is 1. The van der Waals surface area contributed by atoms with E-state index in [1.165, 1.54) is 6.92 Å². The number of hydrogen-bond donors (Lipinski definition) is 7. The van der Waals surface area contributed by atoms with Crippen LogP contribution in [0.15, 0.2) is 30.3 Å². The van der Waals surface area contributed by atoms with Crippen LogP contribution in [-0.2, 0) is 25.6 Å². The molecule has 9 N–H and O–H groups in total. The molecule has 0 radical (unpaired) electrons. The van der Waals surface area contributed by atoms with E-state index in [1.807, 2.05) is 0 Å². The lowest BCUT2D eigenvalue weighted by Gasteiger charge is -2.24. The van der Waals surface area contributed by atoms with Crippen molar-refractivity contribution in [1.82, 2.24) is 16.0 Å². The minimum Gasteiger partial charge on any atom is -0.480 e. The van der Waals surface area contributed by atoms with E-state index in [0.717, 1.165) is 0 Å². The summed E-state index contributed by atoms with van der Waals surface area (Å²) >= 11 is 0. The normalized spacial score (nSPS) is 14.5. The fourth-order valence-corrected chi connectivity index (χ4v) is 2.85. The third-order valence-electron chi connectivity index (χ3n) is 4.71. The second kappa shape index (κ2) is 14.1. The Morgan fingerprint density at radius 1 is 0.906 bits per heavy atom. The van der Waals surface area contributed by atoms with Crippen LogP contribution in [0.4, 0.5) is 0 Å². The lowest BCUT2D eigenvalue weighted by molar-refractivity contribution is -0.142. The second-order valence-corrected chi connectivity index (χ2v) is 7.47. The Morgan fingerprint density at radius 2 is 1.47 bits per heavy atom. The Kier molecular flexibility index (Phi) is 11.9. The Hall–Kier alpha value is -3.02. The van der Waals surface area contributed by atoms with Crippen molar-refractivity contribution < 1.29 is 29.4 Å². The lowest BCUT2D eigenvalue weighted by Crippen LogP contribution is -2.58. The van der Waals surface area contributed by atoms with Crippen LogP contribution in [0.2, 0.25) is 0 Å². The Labute approximate surface area is 186 Å². The van der Waals surface area contributed by atoms with E-state index >= 15 is 0 Å². The lowest BCUT2D eigenvalue weighted by atomic mass is 10.1. The maximum absolute atomic E-state index is 12.7. The minimum atomic E-state index is -1.40. The molecule has 1 aromatic rings. The highest BCUT2D eigenvalue weighted by Gasteiger charge is 2.29. The summed E-state index contributed by atoms with van der Waals surface area (Å²) in [6, 6.07) is 4.23. The number of aliphatic hydroxyl groups is 1. The number of aliphatic carboxylic acids is 1. The minimum absolute atomic E-state index is 0.0279. The van der Waals surface area contributed by atoms with Crippen molar-refractivity contribution in [3.63, 3.8) is 0 Å². The standard InChI is InChI=1S/C21H33N5O6/c1-13(23)18(28)24-15(9-5-6-10-22)19(29)26-17(12-27)20(30)25-16(21(31)32)11-14-7-3-2-4-8-14/h2-4,7-8,13,15-17,27H,5-6,9-12,22-23H2,1H3,(H,24,28)(H,25,30)(H,26,29)(H,31,32). The summed E-state index contributed by atoms with van der Waals surface area (Å²) in [6.45, 7) is 1.12. The molecule has 4 unspecified atom stereocenters. The Bertz CT molecular complexity index is 758. The molecule has 0 aromatic heterocycles. The van der Waals surface area contributed by atoms with Gasteiger partial charge in [-0.2, -0.15) is 0 Å². The largest absolute Gasteiger partial charge is 0.480 e. The molecule has 1 aromatic carbocycles. The average Bonchev–Trinajstić information content (AvgIpc) is 2.76. The third kappa shape index (κ3) is 9.41. The van der Waals surface area contributed by atoms with E-state index in [2.05, 4.69) is 16.0 Å². The van der Waals surface area contributed by atoms with E-state index in [0.29, 0.717) is 24.9 Å².